The van der Waals surface area contributed by atoms with Crippen LogP contribution in [0.4, 0.5) is 0 Å². The van der Waals surface area contributed by atoms with Crippen molar-refractivity contribution < 1.29 is 83.4 Å². The minimum Gasteiger partial charge on any atom is -0.544 e. The van der Waals surface area contributed by atoms with Crippen molar-refractivity contribution in [1.29, 1.82) is 0 Å². The Bertz CT molecular complexity index is 187. The van der Waals surface area contributed by atoms with Crippen molar-refractivity contribution >= 4 is 11.9 Å². The van der Waals surface area contributed by atoms with Crippen LogP contribution in [0, 0.1) is 0 Å². The standard InChI is InChI=1S/C6H9NO4.2Na/c8-5(9)3-7(1-2-7)4-6(10)11;;/h1-4H2,(H-,8,9,10,11);;/q;2*+1/p-1. The van der Waals surface area contributed by atoms with E-state index in [0.29, 0.717) is 13.1 Å². The van der Waals surface area contributed by atoms with Gasteiger partial charge in [0.2, 0.25) is 0 Å². The van der Waals surface area contributed by atoms with Crippen LogP contribution in [0.1, 0.15) is 0 Å². The summed E-state index contributed by atoms with van der Waals surface area (Å²) in [5.74, 6) is -2.41. The number of carbonyl (C=O) groups excluding carboxylic acids is 2. The molecule has 0 spiro atoms. The van der Waals surface area contributed by atoms with Gasteiger partial charge in [0.1, 0.15) is 26.2 Å². The summed E-state index contributed by atoms with van der Waals surface area (Å²) in [5, 5.41) is 20.2. The second-order valence-electron chi connectivity index (χ2n) is 2.85. The van der Waals surface area contributed by atoms with Gasteiger partial charge in [-0.05, 0) is 0 Å². The van der Waals surface area contributed by atoms with Crippen molar-refractivity contribution in [3.8, 4) is 0 Å². The molecule has 62 valence electrons. The quantitative estimate of drug-likeness (QED) is 0.259. The molecule has 1 aliphatic rings. The molecule has 1 fully saturated rings. The van der Waals surface area contributed by atoms with Gasteiger partial charge in [0.25, 0.3) is 0 Å². The molecule has 13 heavy (non-hydrogen) atoms. The van der Waals surface area contributed by atoms with E-state index in [9.17, 15) is 19.8 Å². The van der Waals surface area contributed by atoms with Gasteiger partial charge in [0.05, 0.1) is 11.9 Å². The van der Waals surface area contributed by atoms with E-state index < -0.39 is 11.9 Å². The molecule has 1 rings (SSSR count). The third kappa shape index (κ3) is 6.06. The first-order valence-electron chi connectivity index (χ1n) is 3.29. The summed E-state index contributed by atoms with van der Waals surface area (Å²) in [6.45, 7) is 0.770. The fourth-order valence-corrected chi connectivity index (χ4v) is 1.06. The third-order valence-corrected chi connectivity index (χ3v) is 1.79. The number of carboxylic acids is 2. The summed E-state index contributed by atoms with van der Waals surface area (Å²) >= 11 is 0. The first kappa shape index (κ1) is 16.3. The zero-order valence-corrected chi connectivity index (χ0v) is 11.9. The number of nitrogens with zero attached hydrogens (tertiary/aromatic N) is 1. The molecule has 0 aromatic rings. The molecule has 7 heteroatoms. The number of carboxylic acid groups (broad SMARTS) is 2. The molecule has 0 aliphatic carbocycles. The van der Waals surface area contributed by atoms with Crippen LogP contribution in [-0.4, -0.2) is 42.6 Å². The summed E-state index contributed by atoms with van der Waals surface area (Å²) in [7, 11) is 0. The van der Waals surface area contributed by atoms with Crippen LogP contribution >= 0.6 is 0 Å². The molecular formula is C6H8NNa2O4+. The number of rotatable bonds is 4. The fourth-order valence-electron chi connectivity index (χ4n) is 1.06. The second-order valence-corrected chi connectivity index (χ2v) is 2.85. The molecule has 0 atom stereocenters. The van der Waals surface area contributed by atoms with E-state index in [1.807, 2.05) is 0 Å². The van der Waals surface area contributed by atoms with Gasteiger partial charge in [-0.25, -0.2) is 0 Å². The zero-order chi connectivity index (χ0) is 8.48. The molecular weight excluding hydrogens is 196 g/mol. The first-order valence-corrected chi connectivity index (χ1v) is 3.29. The molecule has 0 N–H and O–H groups in total. The first-order chi connectivity index (χ1) is 5.04. The molecule has 1 saturated heterocycles. The van der Waals surface area contributed by atoms with Crippen molar-refractivity contribution in [2.24, 2.45) is 0 Å². The molecule has 0 aromatic carbocycles. The Balaban J connectivity index is 0. The smallest absolute Gasteiger partial charge is 0.544 e. The largest absolute Gasteiger partial charge is 1.00 e. The van der Waals surface area contributed by atoms with Gasteiger partial charge in [-0.1, -0.05) is 0 Å². The van der Waals surface area contributed by atoms with Crippen molar-refractivity contribution in [2.45, 2.75) is 0 Å². The van der Waals surface area contributed by atoms with Crippen LogP contribution in [0.15, 0.2) is 0 Å². The van der Waals surface area contributed by atoms with Gasteiger partial charge < -0.3 is 24.3 Å². The van der Waals surface area contributed by atoms with E-state index in [4.69, 9.17) is 0 Å². The number of hydrogen-bond donors (Lipinski definition) is 0. The summed E-state index contributed by atoms with van der Waals surface area (Å²) in [6.07, 6.45) is 0. The van der Waals surface area contributed by atoms with Crippen LogP contribution in [-0.2, 0) is 9.59 Å². The Morgan fingerprint density at radius 1 is 1.00 bits per heavy atom. The molecule has 0 radical (unpaired) electrons. The fraction of sp³-hybridized carbons (Fsp3) is 0.667. The Hall–Kier alpha value is 0.900. The van der Waals surface area contributed by atoms with E-state index in [0.717, 1.165) is 0 Å². The van der Waals surface area contributed by atoms with Crippen molar-refractivity contribution in [1.82, 2.24) is 0 Å². The molecule has 1 aliphatic heterocycles. The molecule has 1 heterocycles. The number of quaternary nitrogens is 1. The molecule has 5 nitrogen and oxygen atoms in total. The van der Waals surface area contributed by atoms with E-state index >= 15 is 0 Å². The van der Waals surface area contributed by atoms with Gasteiger partial charge in [-0.3, -0.25) is 0 Å². The van der Waals surface area contributed by atoms with Crippen molar-refractivity contribution in [3.05, 3.63) is 0 Å². The van der Waals surface area contributed by atoms with Crippen LogP contribution < -0.4 is 69.3 Å². The van der Waals surface area contributed by atoms with Crippen molar-refractivity contribution in [3.63, 3.8) is 0 Å². The normalized spacial score (nSPS) is 16.3. The maximum Gasteiger partial charge on any atom is 1.00 e. The summed E-state index contributed by atoms with van der Waals surface area (Å²) in [5.41, 5.74) is 0. The van der Waals surface area contributed by atoms with E-state index in [1.54, 1.807) is 0 Å². The maximum absolute atomic E-state index is 10.1. The third-order valence-electron chi connectivity index (χ3n) is 1.79. The van der Waals surface area contributed by atoms with Gasteiger partial charge in [0.15, 0.2) is 0 Å². The van der Waals surface area contributed by atoms with Gasteiger partial charge in [-0.2, -0.15) is 0 Å². The van der Waals surface area contributed by atoms with Crippen LogP contribution in [0.2, 0.25) is 0 Å². The molecule has 0 bridgehead atoms. The molecule has 0 amide bonds. The van der Waals surface area contributed by atoms with E-state index in [-0.39, 0.29) is 76.7 Å². The van der Waals surface area contributed by atoms with E-state index in [1.165, 1.54) is 0 Å². The van der Waals surface area contributed by atoms with Crippen LogP contribution in [0.25, 0.3) is 0 Å². The topological polar surface area (TPSA) is 80.3 Å². The zero-order valence-electron chi connectivity index (χ0n) is 7.91. The minimum absolute atomic E-state index is 0. The Labute approximate surface area is 120 Å². The van der Waals surface area contributed by atoms with Gasteiger partial charge >= 0.3 is 59.1 Å². The van der Waals surface area contributed by atoms with Crippen molar-refractivity contribution in [2.75, 3.05) is 26.2 Å². The van der Waals surface area contributed by atoms with Crippen LogP contribution in [0.5, 0.6) is 0 Å². The second kappa shape index (κ2) is 6.40. The minimum atomic E-state index is -1.20. The predicted molar refractivity (Wildman–Crippen MR) is 29.7 cm³/mol. The number of hydrogen-bond acceptors (Lipinski definition) is 4. The summed E-state index contributed by atoms with van der Waals surface area (Å²) in [4.78, 5) is 20.2. The molecule has 0 aromatic heterocycles. The monoisotopic (exact) mass is 204 g/mol. The Morgan fingerprint density at radius 3 is 1.46 bits per heavy atom. The molecule has 0 saturated carbocycles. The maximum atomic E-state index is 10.1. The van der Waals surface area contributed by atoms with Crippen LogP contribution in [0.3, 0.4) is 0 Å². The average Bonchev–Trinajstić information content (AvgIpc) is 2.43. The van der Waals surface area contributed by atoms with E-state index in [2.05, 4.69) is 0 Å². The Morgan fingerprint density at radius 2 is 1.31 bits per heavy atom. The van der Waals surface area contributed by atoms with Gasteiger partial charge in [0, 0.05) is 0 Å². The predicted octanol–water partition coefficient (Wildman–Crippen LogP) is -9.68. The SMILES string of the molecule is O=C([O-])C[N+]1(CC(=O)[O-])CC1.[Na+].[Na+]. The average molecular weight is 204 g/mol. The van der Waals surface area contributed by atoms with Gasteiger partial charge in [-0.15, -0.1) is 0 Å². The molecule has 0 unspecified atom stereocenters. The number of aliphatic carboxylic acids is 2. The summed E-state index contributed by atoms with van der Waals surface area (Å²) < 4.78 is 0.0880. The Kier molecular flexibility index (Phi) is 8.04. The summed E-state index contributed by atoms with van der Waals surface area (Å²) in [6, 6.07) is 0. The number of carbonyl (C=O) groups is 2.